The van der Waals surface area contributed by atoms with Gasteiger partial charge in [-0.1, -0.05) is 53.0 Å². The number of amides is 1. The van der Waals surface area contributed by atoms with Crippen LogP contribution in [0.4, 0.5) is 5.13 Å². The molecule has 0 atom stereocenters. The van der Waals surface area contributed by atoms with E-state index >= 15 is 0 Å². The van der Waals surface area contributed by atoms with Crippen molar-refractivity contribution in [1.82, 2.24) is 4.98 Å². The molecule has 122 valence electrons. The van der Waals surface area contributed by atoms with Gasteiger partial charge in [-0.05, 0) is 30.7 Å². The van der Waals surface area contributed by atoms with Gasteiger partial charge in [-0.25, -0.2) is 4.98 Å². The summed E-state index contributed by atoms with van der Waals surface area (Å²) < 4.78 is 0. The lowest BCUT2D eigenvalue weighted by atomic mass is 10.1. The van der Waals surface area contributed by atoms with Crippen molar-refractivity contribution < 1.29 is 4.79 Å². The van der Waals surface area contributed by atoms with Gasteiger partial charge in [0, 0.05) is 23.1 Å². The maximum atomic E-state index is 12.2. The SMILES string of the molecule is Cc1cccc(Cc2cnc(NC(=O)c3ccc(Cl)c(Cl)c3)s2)c1. The lowest BCUT2D eigenvalue weighted by molar-refractivity contribution is 0.102. The van der Waals surface area contributed by atoms with Crippen LogP contribution in [0.15, 0.2) is 48.7 Å². The minimum absolute atomic E-state index is 0.259. The molecule has 0 unspecified atom stereocenters. The molecule has 1 N–H and O–H groups in total. The highest BCUT2D eigenvalue weighted by Gasteiger charge is 2.11. The zero-order valence-corrected chi connectivity index (χ0v) is 15.2. The number of aromatic nitrogens is 1. The molecular weight excluding hydrogens is 363 g/mol. The summed E-state index contributed by atoms with van der Waals surface area (Å²) >= 11 is 13.3. The van der Waals surface area contributed by atoms with E-state index in [1.54, 1.807) is 24.4 Å². The quantitative estimate of drug-likeness (QED) is 0.643. The molecular formula is C18H14Cl2N2OS. The summed E-state index contributed by atoms with van der Waals surface area (Å²) in [5.41, 5.74) is 2.89. The Morgan fingerprint density at radius 3 is 2.75 bits per heavy atom. The number of nitrogens with zero attached hydrogens (tertiary/aromatic N) is 1. The number of halogens is 2. The Morgan fingerprint density at radius 1 is 1.17 bits per heavy atom. The van der Waals surface area contributed by atoms with Crippen LogP contribution in [0.1, 0.15) is 26.4 Å². The van der Waals surface area contributed by atoms with Crippen molar-refractivity contribution in [1.29, 1.82) is 0 Å². The number of rotatable bonds is 4. The summed E-state index contributed by atoms with van der Waals surface area (Å²) in [5, 5.41) is 4.12. The fourth-order valence-corrected chi connectivity index (χ4v) is 3.42. The van der Waals surface area contributed by atoms with Crippen LogP contribution < -0.4 is 5.32 Å². The van der Waals surface area contributed by atoms with Gasteiger partial charge in [0.2, 0.25) is 0 Å². The van der Waals surface area contributed by atoms with E-state index in [2.05, 4.69) is 35.4 Å². The van der Waals surface area contributed by atoms with E-state index in [0.717, 1.165) is 11.3 Å². The van der Waals surface area contributed by atoms with Crippen molar-refractivity contribution in [3.05, 3.63) is 80.3 Å². The predicted octanol–water partition coefficient (Wildman–Crippen LogP) is 5.60. The van der Waals surface area contributed by atoms with E-state index in [4.69, 9.17) is 23.2 Å². The van der Waals surface area contributed by atoms with Crippen molar-refractivity contribution in [2.24, 2.45) is 0 Å². The van der Waals surface area contributed by atoms with Crippen LogP contribution in [0, 0.1) is 6.92 Å². The monoisotopic (exact) mass is 376 g/mol. The fourth-order valence-electron chi connectivity index (χ4n) is 2.28. The summed E-state index contributed by atoms with van der Waals surface area (Å²) in [6, 6.07) is 13.1. The molecule has 0 aliphatic heterocycles. The van der Waals surface area contributed by atoms with Crippen LogP contribution in [-0.4, -0.2) is 10.9 Å². The highest BCUT2D eigenvalue weighted by Crippen LogP contribution is 2.25. The Labute approximate surface area is 154 Å². The molecule has 1 aromatic heterocycles. The normalized spacial score (nSPS) is 10.6. The number of hydrogen-bond donors (Lipinski definition) is 1. The first-order chi connectivity index (χ1) is 11.5. The van der Waals surface area contributed by atoms with Gasteiger partial charge in [-0.3, -0.25) is 10.1 Å². The maximum absolute atomic E-state index is 12.2. The zero-order chi connectivity index (χ0) is 17.1. The molecule has 0 aliphatic carbocycles. The third kappa shape index (κ3) is 4.15. The van der Waals surface area contributed by atoms with Crippen molar-refractivity contribution in [3.63, 3.8) is 0 Å². The third-order valence-corrected chi connectivity index (χ3v) is 5.07. The van der Waals surface area contributed by atoms with E-state index in [9.17, 15) is 4.79 Å². The minimum atomic E-state index is -0.259. The molecule has 2 aromatic carbocycles. The Kier molecular flexibility index (Phi) is 5.19. The van der Waals surface area contributed by atoms with Crippen LogP contribution >= 0.6 is 34.5 Å². The summed E-state index contributed by atoms with van der Waals surface area (Å²) in [6.07, 6.45) is 2.58. The van der Waals surface area contributed by atoms with Gasteiger partial charge in [0.15, 0.2) is 5.13 Å². The number of aryl methyl sites for hydroxylation is 1. The largest absolute Gasteiger partial charge is 0.298 e. The summed E-state index contributed by atoms with van der Waals surface area (Å²) in [7, 11) is 0. The second-order valence-electron chi connectivity index (χ2n) is 5.38. The molecule has 6 heteroatoms. The first-order valence-electron chi connectivity index (χ1n) is 7.28. The number of anilines is 1. The average molecular weight is 377 g/mol. The molecule has 0 radical (unpaired) electrons. The van der Waals surface area contributed by atoms with Crippen molar-refractivity contribution >= 4 is 45.6 Å². The van der Waals surface area contributed by atoms with E-state index < -0.39 is 0 Å². The highest BCUT2D eigenvalue weighted by molar-refractivity contribution is 7.15. The van der Waals surface area contributed by atoms with Crippen LogP contribution in [0.25, 0.3) is 0 Å². The van der Waals surface area contributed by atoms with Crippen molar-refractivity contribution in [3.8, 4) is 0 Å². The van der Waals surface area contributed by atoms with E-state index in [1.165, 1.54) is 22.5 Å². The first kappa shape index (κ1) is 17.0. The number of hydrogen-bond acceptors (Lipinski definition) is 3. The van der Waals surface area contributed by atoms with Crippen LogP contribution in [0.5, 0.6) is 0 Å². The predicted molar refractivity (Wildman–Crippen MR) is 101 cm³/mol. The third-order valence-electron chi connectivity index (χ3n) is 3.42. The zero-order valence-electron chi connectivity index (χ0n) is 12.8. The lowest BCUT2D eigenvalue weighted by Crippen LogP contribution is -2.11. The Hall–Kier alpha value is -1.88. The molecule has 1 heterocycles. The van der Waals surface area contributed by atoms with Crippen LogP contribution in [0.3, 0.4) is 0 Å². The lowest BCUT2D eigenvalue weighted by Gasteiger charge is -2.03. The second-order valence-corrected chi connectivity index (χ2v) is 7.31. The molecule has 3 aromatic rings. The van der Waals surface area contributed by atoms with Gasteiger partial charge in [-0.15, -0.1) is 11.3 Å². The molecule has 0 bridgehead atoms. The molecule has 0 saturated carbocycles. The Bertz CT molecular complexity index is 892. The number of thiazole rings is 1. The van der Waals surface area contributed by atoms with Gasteiger partial charge < -0.3 is 0 Å². The van der Waals surface area contributed by atoms with Crippen LogP contribution in [-0.2, 0) is 6.42 Å². The van der Waals surface area contributed by atoms with E-state index in [-0.39, 0.29) is 5.91 Å². The number of carbonyl (C=O) groups is 1. The number of benzene rings is 2. The molecule has 0 aliphatic rings. The Balaban J connectivity index is 1.69. The van der Waals surface area contributed by atoms with Crippen molar-refractivity contribution in [2.75, 3.05) is 5.32 Å². The van der Waals surface area contributed by atoms with Gasteiger partial charge in [-0.2, -0.15) is 0 Å². The van der Waals surface area contributed by atoms with E-state index in [1.807, 2.05) is 6.07 Å². The van der Waals surface area contributed by atoms with Gasteiger partial charge >= 0.3 is 0 Å². The Morgan fingerprint density at radius 2 is 2.00 bits per heavy atom. The molecule has 3 rings (SSSR count). The van der Waals surface area contributed by atoms with Crippen LogP contribution in [0.2, 0.25) is 10.0 Å². The molecule has 3 nitrogen and oxygen atoms in total. The fraction of sp³-hybridized carbons (Fsp3) is 0.111. The molecule has 0 spiro atoms. The van der Waals surface area contributed by atoms with Gasteiger partial charge in [0.05, 0.1) is 10.0 Å². The maximum Gasteiger partial charge on any atom is 0.257 e. The second kappa shape index (κ2) is 7.34. The molecule has 0 saturated heterocycles. The average Bonchev–Trinajstić information content (AvgIpc) is 2.97. The smallest absolute Gasteiger partial charge is 0.257 e. The standard InChI is InChI=1S/C18H14Cl2N2OS/c1-11-3-2-4-12(7-11)8-14-10-21-18(24-14)22-17(23)13-5-6-15(19)16(20)9-13/h2-7,9-10H,8H2,1H3,(H,21,22,23). The number of nitrogens with one attached hydrogen (secondary N) is 1. The van der Waals surface area contributed by atoms with E-state index in [0.29, 0.717) is 20.7 Å². The molecule has 0 fully saturated rings. The molecule has 1 amide bonds. The first-order valence-corrected chi connectivity index (χ1v) is 8.85. The van der Waals surface area contributed by atoms with Gasteiger partial charge in [0.1, 0.15) is 0 Å². The van der Waals surface area contributed by atoms with Crippen molar-refractivity contribution in [2.45, 2.75) is 13.3 Å². The number of carbonyl (C=O) groups excluding carboxylic acids is 1. The highest BCUT2D eigenvalue weighted by atomic mass is 35.5. The minimum Gasteiger partial charge on any atom is -0.298 e. The summed E-state index contributed by atoms with van der Waals surface area (Å²) in [5.74, 6) is -0.259. The van der Waals surface area contributed by atoms with Gasteiger partial charge in [0.25, 0.3) is 5.91 Å². The molecule has 24 heavy (non-hydrogen) atoms. The summed E-state index contributed by atoms with van der Waals surface area (Å²) in [6.45, 7) is 2.07. The topological polar surface area (TPSA) is 42.0 Å². The summed E-state index contributed by atoms with van der Waals surface area (Å²) in [4.78, 5) is 17.6.